The Balaban J connectivity index is 1.66. The van der Waals surface area contributed by atoms with Gasteiger partial charge < -0.3 is 10.2 Å². The highest BCUT2D eigenvalue weighted by atomic mass is 79.9. The summed E-state index contributed by atoms with van der Waals surface area (Å²) in [7, 11) is 0. The SMILES string of the molecule is O=C(CCc1cc(Br)cs1)N1CCNCC1c1cccnc1. The Morgan fingerprint density at radius 2 is 2.45 bits per heavy atom. The number of halogens is 1. The van der Waals surface area contributed by atoms with Gasteiger partial charge in [-0.2, -0.15) is 0 Å². The first-order valence-electron chi connectivity index (χ1n) is 7.37. The lowest BCUT2D eigenvalue weighted by Gasteiger charge is -2.36. The van der Waals surface area contributed by atoms with Crippen molar-refractivity contribution in [3.05, 3.63) is 50.9 Å². The Bertz CT molecular complexity index is 631. The summed E-state index contributed by atoms with van der Waals surface area (Å²) in [5.74, 6) is 0.222. The zero-order valence-electron chi connectivity index (χ0n) is 12.2. The van der Waals surface area contributed by atoms with E-state index in [1.54, 1.807) is 17.5 Å². The first kappa shape index (κ1) is 15.6. The highest BCUT2D eigenvalue weighted by molar-refractivity contribution is 9.10. The quantitative estimate of drug-likeness (QED) is 0.887. The first-order chi connectivity index (χ1) is 10.7. The van der Waals surface area contributed by atoms with Crippen LogP contribution >= 0.6 is 27.3 Å². The maximum Gasteiger partial charge on any atom is 0.223 e. The van der Waals surface area contributed by atoms with Gasteiger partial charge in [0.15, 0.2) is 0 Å². The molecule has 1 aliphatic heterocycles. The molecule has 0 aromatic carbocycles. The number of carbonyl (C=O) groups is 1. The number of aromatic nitrogens is 1. The molecule has 1 atom stereocenters. The van der Waals surface area contributed by atoms with Crippen LogP contribution in [0.1, 0.15) is 22.9 Å². The number of nitrogens with one attached hydrogen (secondary N) is 1. The fourth-order valence-corrected chi connectivity index (χ4v) is 4.19. The van der Waals surface area contributed by atoms with Crippen molar-refractivity contribution in [1.29, 1.82) is 0 Å². The molecule has 1 unspecified atom stereocenters. The van der Waals surface area contributed by atoms with E-state index in [1.807, 2.05) is 23.2 Å². The van der Waals surface area contributed by atoms with E-state index in [0.717, 1.165) is 36.1 Å². The predicted molar refractivity (Wildman–Crippen MR) is 91.9 cm³/mol. The van der Waals surface area contributed by atoms with Crippen molar-refractivity contribution in [2.45, 2.75) is 18.9 Å². The third kappa shape index (κ3) is 3.74. The van der Waals surface area contributed by atoms with E-state index >= 15 is 0 Å². The molecule has 0 bridgehead atoms. The van der Waals surface area contributed by atoms with E-state index in [2.05, 4.69) is 37.7 Å². The van der Waals surface area contributed by atoms with Gasteiger partial charge in [0.1, 0.15) is 0 Å². The second kappa shape index (κ2) is 7.35. The molecule has 22 heavy (non-hydrogen) atoms. The maximum atomic E-state index is 12.6. The largest absolute Gasteiger partial charge is 0.333 e. The van der Waals surface area contributed by atoms with Crippen LogP contribution in [-0.2, 0) is 11.2 Å². The zero-order valence-corrected chi connectivity index (χ0v) is 14.6. The van der Waals surface area contributed by atoms with Crippen molar-refractivity contribution in [1.82, 2.24) is 15.2 Å². The minimum atomic E-state index is 0.0880. The Morgan fingerprint density at radius 3 is 3.18 bits per heavy atom. The number of amides is 1. The van der Waals surface area contributed by atoms with Crippen molar-refractivity contribution in [2.24, 2.45) is 0 Å². The summed E-state index contributed by atoms with van der Waals surface area (Å²) in [5.41, 5.74) is 1.10. The molecule has 6 heteroatoms. The fraction of sp³-hybridized carbons (Fsp3) is 0.375. The van der Waals surface area contributed by atoms with E-state index in [4.69, 9.17) is 0 Å². The van der Waals surface area contributed by atoms with Crippen molar-refractivity contribution in [2.75, 3.05) is 19.6 Å². The number of thiophene rings is 1. The van der Waals surface area contributed by atoms with E-state index in [1.165, 1.54) is 4.88 Å². The number of nitrogens with zero attached hydrogens (tertiary/aromatic N) is 2. The third-order valence-electron chi connectivity index (χ3n) is 3.84. The highest BCUT2D eigenvalue weighted by Crippen LogP contribution is 2.24. The number of carbonyl (C=O) groups excluding carboxylic acids is 1. The van der Waals surface area contributed by atoms with Crippen molar-refractivity contribution in [3.8, 4) is 0 Å². The molecule has 3 heterocycles. The zero-order chi connectivity index (χ0) is 15.4. The summed E-state index contributed by atoms with van der Waals surface area (Å²) in [6, 6.07) is 6.15. The van der Waals surface area contributed by atoms with E-state index in [9.17, 15) is 4.79 Å². The lowest BCUT2D eigenvalue weighted by Crippen LogP contribution is -2.48. The summed E-state index contributed by atoms with van der Waals surface area (Å²) < 4.78 is 1.09. The molecular weight excluding hydrogens is 362 g/mol. The number of hydrogen-bond acceptors (Lipinski definition) is 4. The van der Waals surface area contributed by atoms with Gasteiger partial charge in [-0.05, 0) is 40.0 Å². The van der Waals surface area contributed by atoms with Crippen LogP contribution in [0.3, 0.4) is 0 Å². The van der Waals surface area contributed by atoms with Crippen LogP contribution in [0.2, 0.25) is 0 Å². The molecule has 116 valence electrons. The Kier molecular flexibility index (Phi) is 5.23. The van der Waals surface area contributed by atoms with Gasteiger partial charge in [0.25, 0.3) is 0 Å². The van der Waals surface area contributed by atoms with Crippen molar-refractivity contribution in [3.63, 3.8) is 0 Å². The molecule has 0 aliphatic carbocycles. The standard InChI is InChI=1S/C16H18BrN3OS/c17-13-8-14(22-11-13)3-4-16(21)20-7-6-19-10-15(20)12-2-1-5-18-9-12/h1-2,5,8-9,11,15,19H,3-4,6-7,10H2. The van der Waals surface area contributed by atoms with Gasteiger partial charge in [0, 0.05) is 53.2 Å². The van der Waals surface area contributed by atoms with E-state index < -0.39 is 0 Å². The number of piperazine rings is 1. The highest BCUT2D eigenvalue weighted by Gasteiger charge is 2.27. The number of hydrogen-bond donors (Lipinski definition) is 1. The van der Waals surface area contributed by atoms with Crippen molar-refractivity contribution < 1.29 is 4.79 Å². The monoisotopic (exact) mass is 379 g/mol. The van der Waals surface area contributed by atoms with Gasteiger partial charge in [0.05, 0.1) is 6.04 Å². The molecule has 2 aromatic rings. The van der Waals surface area contributed by atoms with Gasteiger partial charge in [-0.15, -0.1) is 11.3 Å². The molecular formula is C16H18BrN3OS. The number of pyridine rings is 1. The molecule has 3 rings (SSSR count). The minimum Gasteiger partial charge on any atom is -0.333 e. The molecule has 1 aliphatic rings. The second-order valence-corrected chi connectivity index (χ2v) is 7.24. The predicted octanol–water partition coefficient (Wildman–Crippen LogP) is 3.01. The average molecular weight is 380 g/mol. The van der Waals surface area contributed by atoms with E-state index in [-0.39, 0.29) is 11.9 Å². The molecule has 2 aromatic heterocycles. The summed E-state index contributed by atoms with van der Waals surface area (Å²) in [6.07, 6.45) is 4.98. The van der Waals surface area contributed by atoms with Gasteiger partial charge in [-0.1, -0.05) is 6.07 Å². The molecule has 0 spiro atoms. The number of rotatable bonds is 4. The lowest BCUT2D eigenvalue weighted by atomic mass is 10.0. The lowest BCUT2D eigenvalue weighted by molar-refractivity contribution is -0.134. The average Bonchev–Trinajstić information content (AvgIpc) is 2.99. The van der Waals surface area contributed by atoms with Crippen LogP contribution in [-0.4, -0.2) is 35.4 Å². The molecule has 4 nitrogen and oxygen atoms in total. The van der Waals surface area contributed by atoms with Crippen LogP contribution in [0.25, 0.3) is 0 Å². The summed E-state index contributed by atoms with van der Waals surface area (Å²) >= 11 is 5.15. The second-order valence-electron chi connectivity index (χ2n) is 5.32. The number of aryl methyl sites for hydroxylation is 1. The minimum absolute atomic E-state index is 0.0880. The maximum absolute atomic E-state index is 12.6. The first-order valence-corrected chi connectivity index (χ1v) is 9.04. The molecule has 1 amide bonds. The van der Waals surface area contributed by atoms with Crippen LogP contribution in [0.15, 0.2) is 40.4 Å². The van der Waals surface area contributed by atoms with Crippen LogP contribution < -0.4 is 5.32 Å². The van der Waals surface area contributed by atoms with Crippen LogP contribution in [0.4, 0.5) is 0 Å². The Hall–Kier alpha value is -1.24. The normalized spacial score (nSPS) is 18.4. The molecule has 1 saturated heterocycles. The third-order valence-corrected chi connectivity index (χ3v) is 5.60. The smallest absolute Gasteiger partial charge is 0.223 e. The van der Waals surface area contributed by atoms with Gasteiger partial charge in [-0.25, -0.2) is 0 Å². The molecule has 0 radical (unpaired) electrons. The summed E-state index contributed by atoms with van der Waals surface area (Å²) in [5, 5.41) is 5.43. The Labute approximate surface area is 142 Å². The molecule has 1 N–H and O–H groups in total. The van der Waals surface area contributed by atoms with Gasteiger partial charge >= 0.3 is 0 Å². The van der Waals surface area contributed by atoms with Crippen LogP contribution in [0.5, 0.6) is 0 Å². The van der Waals surface area contributed by atoms with Crippen LogP contribution in [0, 0.1) is 0 Å². The molecule has 1 fully saturated rings. The van der Waals surface area contributed by atoms with Gasteiger partial charge in [-0.3, -0.25) is 9.78 Å². The van der Waals surface area contributed by atoms with E-state index in [0.29, 0.717) is 6.42 Å². The summed E-state index contributed by atoms with van der Waals surface area (Å²) in [6.45, 7) is 2.40. The van der Waals surface area contributed by atoms with Crippen molar-refractivity contribution >= 4 is 33.2 Å². The fourth-order valence-electron chi connectivity index (χ4n) is 2.73. The van der Waals surface area contributed by atoms with Gasteiger partial charge in [0.2, 0.25) is 5.91 Å². The Morgan fingerprint density at radius 1 is 1.55 bits per heavy atom. The summed E-state index contributed by atoms with van der Waals surface area (Å²) in [4.78, 5) is 20.1. The topological polar surface area (TPSA) is 45.2 Å². The molecule has 0 saturated carbocycles.